The molecular formula is C19H14N2O. The Morgan fingerprint density at radius 2 is 1.82 bits per heavy atom. The van der Waals surface area contributed by atoms with Crippen molar-refractivity contribution >= 4 is 22.4 Å². The maximum absolute atomic E-state index is 12.2. The summed E-state index contributed by atoms with van der Waals surface area (Å²) in [4.78, 5) is 17.1. The summed E-state index contributed by atoms with van der Waals surface area (Å²) in [6.07, 6.45) is 1.98. The highest BCUT2D eigenvalue weighted by atomic mass is 16.1. The summed E-state index contributed by atoms with van der Waals surface area (Å²) in [6.45, 7) is 0.366. The molecule has 0 radical (unpaired) electrons. The molecule has 0 atom stereocenters. The first kappa shape index (κ1) is 11.9. The van der Waals surface area contributed by atoms with Crippen LogP contribution in [-0.2, 0) is 12.8 Å². The molecule has 3 aromatic rings. The van der Waals surface area contributed by atoms with E-state index in [4.69, 9.17) is 4.98 Å². The Hall–Kier alpha value is -2.68. The number of aryl methyl sites for hydroxylation is 2. The molecule has 0 bridgehead atoms. The summed E-state index contributed by atoms with van der Waals surface area (Å²) in [7, 11) is 0. The lowest BCUT2D eigenvalue weighted by atomic mass is 9.84. The standard InChI is InChI=1S/C19H14N2O/c22-16-10-20-19-17-12-5-2-1-4-11(12)8-9-15(17)21-14-7-3-6-13(16)18(14)19/h1-7,20H,8-10H2. The number of hydrogen-bond donors (Lipinski definition) is 1. The molecule has 2 heterocycles. The molecule has 3 heteroatoms. The summed E-state index contributed by atoms with van der Waals surface area (Å²) in [5.74, 6) is 0.143. The van der Waals surface area contributed by atoms with E-state index < -0.39 is 0 Å². The first-order valence-corrected chi connectivity index (χ1v) is 7.64. The number of hydrogen-bond acceptors (Lipinski definition) is 3. The number of anilines is 1. The Labute approximate surface area is 128 Å². The molecule has 0 fully saturated rings. The van der Waals surface area contributed by atoms with Gasteiger partial charge in [0.05, 0.1) is 23.4 Å². The van der Waals surface area contributed by atoms with Crippen molar-refractivity contribution in [1.29, 1.82) is 0 Å². The van der Waals surface area contributed by atoms with Crippen LogP contribution < -0.4 is 5.32 Å². The molecule has 22 heavy (non-hydrogen) atoms. The van der Waals surface area contributed by atoms with Crippen molar-refractivity contribution in [3.8, 4) is 11.1 Å². The number of pyridine rings is 1. The van der Waals surface area contributed by atoms with Crippen LogP contribution >= 0.6 is 0 Å². The number of benzene rings is 2. The summed E-state index contributed by atoms with van der Waals surface area (Å²) in [5, 5.41) is 4.34. The highest BCUT2D eigenvalue weighted by Gasteiger charge is 2.27. The molecule has 1 aromatic heterocycles. The van der Waals surface area contributed by atoms with Crippen LogP contribution in [-0.4, -0.2) is 17.3 Å². The van der Waals surface area contributed by atoms with E-state index in [1.165, 1.54) is 16.7 Å². The van der Waals surface area contributed by atoms with Gasteiger partial charge >= 0.3 is 0 Å². The van der Waals surface area contributed by atoms with Gasteiger partial charge in [0.2, 0.25) is 0 Å². The zero-order valence-electron chi connectivity index (χ0n) is 12.0. The molecule has 1 aliphatic carbocycles. The van der Waals surface area contributed by atoms with Gasteiger partial charge in [0.25, 0.3) is 0 Å². The SMILES string of the molecule is O=C1CNc2c3c(nc4cccc1c24)CCc1ccccc1-3. The van der Waals surface area contributed by atoms with Crippen molar-refractivity contribution in [3.05, 3.63) is 59.3 Å². The third-order valence-corrected chi connectivity index (χ3v) is 4.73. The maximum atomic E-state index is 12.2. The molecular weight excluding hydrogens is 272 g/mol. The van der Waals surface area contributed by atoms with Crippen molar-refractivity contribution in [1.82, 2.24) is 4.98 Å². The molecule has 1 aliphatic heterocycles. The number of rotatable bonds is 0. The molecule has 5 rings (SSSR count). The fourth-order valence-corrected chi connectivity index (χ4v) is 3.75. The first-order valence-electron chi connectivity index (χ1n) is 7.64. The van der Waals surface area contributed by atoms with Gasteiger partial charge < -0.3 is 5.32 Å². The van der Waals surface area contributed by atoms with Gasteiger partial charge in [-0.05, 0) is 30.0 Å². The number of aromatic nitrogens is 1. The minimum Gasteiger partial charge on any atom is -0.376 e. The molecule has 0 saturated carbocycles. The molecule has 2 aromatic carbocycles. The van der Waals surface area contributed by atoms with E-state index >= 15 is 0 Å². The van der Waals surface area contributed by atoms with Gasteiger partial charge in [-0.3, -0.25) is 9.78 Å². The van der Waals surface area contributed by atoms with Crippen LogP contribution in [0.1, 0.15) is 21.6 Å². The number of ketones is 1. The van der Waals surface area contributed by atoms with Crippen LogP contribution in [0, 0.1) is 0 Å². The fraction of sp³-hybridized carbons (Fsp3) is 0.158. The number of fused-ring (bicyclic) bond motifs is 4. The second-order valence-electron chi connectivity index (χ2n) is 5.94. The molecule has 3 nitrogen and oxygen atoms in total. The van der Waals surface area contributed by atoms with Gasteiger partial charge in [-0.1, -0.05) is 36.4 Å². The van der Waals surface area contributed by atoms with Gasteiger partial charge in [0.15, 0.2) is 5.78 Å². The number of nitrogens with one attached hydrogen (secondary N) is 1. The lowest BCUT2D eigenvalue weighted by Gasteiger charge is -2.27. The van der Waals surface area contributed by atoms with E-state index in [0.717, 1.165) is 40.7 Å². The Balaban J connectivity index is 1.96. The minimum atomic E-state index is 0.143. The van der Waals surface area contributed by atoms with Crippen molar-refractivity contribution in [2.45, 2.75) is 12.8 Å². The minimum absolute atomic E-state index is 0.143. The van der Waals surface area contributed by atoms with Crippen molar-refractivity contribution in [2.24, 2.45) is 0 Å². The lowest BCUT2D eigenvalue weighted by Crippen LogP contribution is -2.22. The van der Waals surface area contributed by atoms with E-state index in [0.29, 0.717) is 6.54 Å². The van der Waals surface area contributed by atoms with Crippen molar-refractivity contribution in [3.63, 3.8) is 0 Å². The van der Waals surface area contributed by atoms with Crippen LogP contribution in [0.25, 0.3) is 22.0 Å². The van der Waals surface area contributed by atoms with Crippen LogP contribution in [0.2, 0.25) is 0 Å². The Bertz CT molecular complexity index is 959. The summed E-state index contributed by atoms with van der Waals surface area (Å²) < 4.78 is 0. The second kappa shape index (κ2) is 4.17. The van der Waals surface area contributed by atoms with E-state index in [1.807, 2.05) is 18.2 Å². The number of carbonyl (C=O) groups excluding carboxylic acids is 1. The molecule has 0 amide bonds. The zero-order valence-corrected chi connectivity index (χ0v) is 12.0. The van der Waals surface area contributed by atoms with Gasteiger partial charge in [-0.2, -0.15) is 0 Å². The number of Topliss-reactive ketones (excluding diaryl/α,β-unsaturated/α-hetero) is 1. The van der Waals surface area contributed by atoms with Crippen molar-refractivity contribution < 1.29 is 4.79 Å². The van der Waals surface area contributed by atoms with Gasteiger partial charge in [0.1, 0.15) is 0 Å². The highest BCUT2D eigenvalue weighted by Crippen LogP contribution is 2.43. The Kier molecular flexibility index (Phi) is 2.26. The van der Waals surface area contributed by atoms with Gasteiger partial charge in [-0.25, -0.2) is 0 Å². The van der Waals surface area contributed by atoms with E-state index in [2.05, 4.69) is 29.6 Å². The molecule has 0 unspecified atom stereocenters. The number of carbonyl (C=O) groups is 1. The maximum Gasteiger partial charge on any atom is 0.182 e. The smallest absolute Gasteiger partial charge is 0.182 e. The topological polar surface area (TPSA) is 42.0 Å². The van der Waals surface area contributed by atoms with Crippen LogP contribution in [0.3, 0.4) is 0 Å². The zero-order chi connectivity index (χ0) is 14.7. The Morgan fingerprint density at radius 3 is 2.77 bits per heavy atom. The lowest BCUT2D eigenvalue weighted by molar-refractivity contribution is 0.101. The van der Waals surface area contributed by atoms with E-state index in [-0.39, 0.29) is 5.78 Å². The number of nitrogens with zero attached hydrogens (tertiary/aromatic N) is 1. The third kappa shape index (κ3) is 1.45. The predicted octanol–water partition coefficient (Wildman–Crippen LogP) is 3.61. The van der Waals surface area contributed by atoms with E-state index in [9.17, 15) is 4.79 Å². The molecule has 0 saturated heterocycles. The third-order valence-electron chi connectivity index (χ3n) is 4.73. The summed E-state index contributed by atoms with van der Waals surface area (Å²) in [5.41, 5.74) is 7.75. The monoisotopic (exact) mass is 286 g/mol. The molecule has 2 aliphatic rings. The molecule has 0 spiro atoms. The quantitative estimate of drug-likeness (QED) is 0.686. The first-order chi connectivity index (χ1) is 10.8. The van der Waals surface area contributed by atoms with Crippen LogP contribution in [0.4, 0.5) is 5.69 Å². The molecule has 106 valence electrons. The average molecular weight is 286 g/mol. The largest absolute Gasteiger partial charge is 0.376 e. The normalized spacial score (nSPS) is 15.2. The highest BCUT2D eigenvalue weighted by molar-refractivity contribution is 6.18. The fourth-order valence-electron chi connectivity index (χ4n) is 3.75. The van der Waals surface area contributed by atoms with E-state index in [1.54, 1.807) is 0 Å². The van der Waals surface area contributed by atoms with Crippen LogP contribution in [0.15, 0.2) is 42.5 Å². The molecule has 1 N–H and O–H groups in total. The average Bonchev–Trinajstić information content (AvgIpc) is 2.57. The predicted molar refractivity (Wildman–Crippen MR) is 87.4 cm³/mol. The van der Waals surface area contributed by atoms with Crippen molar-refractivity contribution in [2.75, 3.05) is 11.9 Å². The van der Waals surface area contributed by atoms with Crippen LogP contribution in [0.5, 0.6) is 0 Å². The van der Waals surface area contributed by atoms with Gasteiger partial charge in [-0.15, -0.1) is 0 Å². The second-order valence-corrected chi connectivity index (χ2v) is 5.94. The summed E-state index contributed by atoms with van der Waals surface area (Å²) in [6, 6.07) is 14.4. The Morgan fingerprint density at radius 1 is 0.955 bits per heavy atom. The van der Waals surface area contributed by atoms with Gasteiger partial charge in [0, 0.05) is 16.5 Å². The summed E-state index contributed by atoms with van der Waals surface area (Å²) >= 11 is 0.